The van der Waals surface area contributed by atoms with Crippen LogP contribution in [0, 0.1) is 0 Å². The van der Waals surface area contributed by atoms with Crippen LogP contribution in [0.5, 0.6) is 0 Å². The predicted octanol–water partition coefficient (Wildman–Crippen LogP) is 1.64. The van der Waals surface area contributed by atoms with Gasteiger partial charge in [0.2, 0.25) is 5.91 Å². The fourth-order valence-electron chi connectivity index (χ4n) is 0.457. The Labute approximate surface area is 79.7 Å². The Hall–Kier alpha value is 0.550. The van der Waals surface area contributed by atoms with Crippen LogP contribution in [0.25, 0.3) is 0 Å². The number of rotatable bonds is 3. The highest BCUT2D eigenvalue weighted by molar-refractivity contribution is 14.1. The third-order valence-corrected chi connectivity index (χ3v) is 3.56. The molecule has 0 radical (unpaired) electrons. The Morgan fingerprint density at radius 1 is 1.60 bits per heavy atom. The van der Waals surface area contributed by atoms with E-state index >= 15 is 0 Å². The maximum Gasteiger partial charge on any atom is 0.243 e. The van der Waals surface area contributed by atoms with E-state index in [1.807, 2.05) is 20.1 Å². The molecule has 1 unspecified atom stereocenters. The van der Waals surface area contributed by atoms with Crippen molar-refractivity contribution in [2.24, 2.45) is 0 Å². The molecule has 0 saturated carbocycles. The Morgan fingerprint density at radius 2 is 2.10 bits per heavy atom. The van der Waals surface area contributed by atoms with Crippen molar-refractivity contribution < 1.29 is 4.79 Å². The molecule has 0 aromatic rings. The summed E-state index contributed by atoms with van der Waals surface area (Å²) in [6.07, 6.45) is 1.93. The highest BCUT2D eigenvalue weighted by Gasteiger charge is 2.12. The van der Waals surface area contributed by atoms with Crippen molar-refractivity contribution in [1.29, 1.82) is 0 Å². The SMILES string of the molecule is CSC(I)C(=O)NC(C)C. The first kappa shape index (κ1) is 10.6. The van der Waals surface area contributed by atoms with Crippen LogP contribution < -0.4 is 5.32 Å². The average Bonchev–Trinajstić information content (AvgIpc) is 1.85. The Kier molecular flexibility index (Phi) is 5.52. The number of alkyl halides is 1. The van der Waals surface area contributed by atoms with Crippen LogP contribution in [-0.2, 0) is 4.79 Å². The smallest absolute Gasteiger partial charge is 0.243 e. The fraction of sp³-hybridized carbons (Fsp3) is 0.833. The van der Waals surface area contributed by atoms with Crippen LogP contribution in [0.4, 0.5) is 0 Å². The lowest BCUT2D eigenvalue weighted by Crippen LogP contribution is -2.34. The zero-order valence-corrected chi connectivity index (χ0v) is 9.32. The van der Waals surface area contributed by atoms with Crippen LogP contribution in [-0.4, -0.2) is 21.5 Å². The quantitative estimate of drug-likeness (QED) is 0.625. The molecule has 0 saturated heterocycles. The summed E-state index contributed by atoms with van der Waals surface area (Å²) in [6.45, 7) is 3.92. The number of hydrogen-bond donors (Lipinski definition) is 1. The molecular formula is C6H12INOS. The topological polar surface area (TPSA) is 29.1 Å². The molecule has 0 fully saturated rings. The van der Waals surface area contributed by atoms with Gasteiger partial charge in [-0.15, -0.1) is 11.8 Å². The van der Waals surface area contributed by atoms with Gasteiger partial charge < -0.3 is 5.32 Å². The van der Waals surface area contributed by atoms with Gasteiger partial charge >= 0.3 is 0 Å². The van der Waals surface area contributed by atoms with Gasteiger partial charge in [-0.25, -0.2) is 0 Å². The molecule has 4 heteroatoms. The van der Waals surface area contributed by atoms with Crippen LogP contribution in [0.15, 0.2) is 0 Å². The van der Waals surface area contributed by atoms with Crippen LogP contribution in [0.2, 0.25) is 0 Å². The second-order valence-corrected chi connectivity index (χ2v) is 5.25. The summed E-state index contributed by atoms with van der Waals surface area (Å²) in [5.74, 6) is 0.114. The van der Waals surface area contributed by atoms with Crippen molar-refractivity contribution in [3.63, 3.8) is 0 Å². The van der Waals surface area contributed by atoms with Gasteiger partial charge in [-0.1, -0.05) is 22.6 Å². The Bertz CT molecular complexity index is 118. The van der Waals surface area contributed by atoms with Crippen molar-refractivity contribution >= 4 is 40.3 Å². The monoisotopic (exact) mass is 273 g/mol. The first-order valence-electron chi connectivity index (χ1n) is 3.05. The minimum Gasteiger partial charge on any atom is -0.352 e. The van der Waals surface area contributed by atoms with E-state index < -0.39 is 0 Å². The highest BCUT2D eigenvalue weighted by Crippen LogP contribution is 2.13. The summed E-state index contributed by atoms with van der Waals surface area (Å²) < 4.78 is 0.0417. The van der Waals surface area contributed by atoms with E-state index in [1.54, 1.807) is 11.8 Å². The van der Waals surface area contributed by atoms with Crippen molar-refractivity contribution in [2.45, 2.75) is 23.1 Å². The number of halogens is 1. The predicted molar refractivity (Wildman–Crippen MR) is 54.6 cm³/mol. The van der Waals surface area contributed by atoms with Gasteiger partial charge in [0.1, 0.15) is 3.26 Å². The van der Waals surface area contributed by atoms with E-state index in [0.717, 1.165) is 0 Å². The Balaban J connectivity index is 3.62. The summed E-state index contributed by atoms with van der Waals surface area (Å²) in [4.78, 5) is 11.0. The zero-order chi connectivity index (χ0) is 8.15. The van der Waals surface area contributed by atoms with Gasteiger partial charge in [0.15, 0.2) is 0 Å². The summed E-state index contributed by atoms with van der Waals surface area (Å²) in [5.41, 5.74) is 0. The van der Waals surface area contributed by atoms with Crippen molar-refractivity contribution in [2.75, 3.05) is 6.26 Å². The van der Waals surface area contributed by atoms with Gasteiger partial charge in [-0.3, -0.25) is 4.79 Å². The second kappa shape index (κ2) is 5.23. The van der Waals surface area contributed by atoms with Crippen molar-refractivity contribution in [3.8, 4) is 0 Å². The maximum atomic E-state index is 11.0. The van der Waals surface area contributed by atoms with Gasteiger partial charge in [0.25, 0.3) is 0 Å². The van der Waals surface area contributed by atoms with E-state index in [2.05, 4.69) is 27.9 Å². The zero-order valence-electron chi connectivity index (χ0n) is 6.35. The van der Waals surface area contributed by atoms with Crippen LogP contribution in [0.3, 0.4) is 0 Å². The minimum absolute atomic E-state index is 0.0417. The third-order valence-electron chi connectivity index (χ3n) is 0.844. The van der Waals surface area contributed by atoms with Gasteiger partial charge in [-0.05, 0) is 20.1 Å². The molecule has 2 nitrogen and oxygen atoms in total. The first-order valence-corrected chi connectivity index (χ1v) is 5.58. The molecule has 0 spiro atoms. The van der Waals surface area contributed by atoms with E-state index in [9.17, 15) is 4.79 Å². The lowest BCUT2D eigenvalue weighted by atomic mass is 10.4. The summed E-state index contributed by atoms with van der Waals surface area (Å²) in [6, 6.07) is 0.247. The molecule has 0 aliphatic heterocycles. The highest BCUT2D eigenvalue weighted by atomic mass is 127. The molecule has 0 heterocycles. The molecule has 60 valence electrons. The second-order valence-electron chi connectivity index (χ2n) is 2.22. The van der Waals surface area contributed by atoms with Crippen LogP contribution >= 0.6 is 34.4 Å². The number of hydrogen-bond acceptors (Lipinski definition) is 2. The lowest BCUT2D eigenvalue weighted by molar-refractivity contribution is -0.119. The van der Waals surface area contributed by atoms with E-state index in [4.69, 9.17) is 0 Å². The summed E-state index contributed by atoms with van der Waals surface area (Å²) in [5, 5.41) is 2.83. The molecular weight excluding hydrogens is 261 g/mol. The van der Waals surface area contributed by atoms with Crippen LogP contribution in [0.1, 0.15) is 13.8 Å². The van der Waals surface area contributed by atoms with E-state index in [0.29, 0.717) is 0 Å². The molecule has 0 aromatic carbocycles. The van der Waals surface area contributed by atoms with E-state index in [1.165, 1.54) is 0 Å². The fourth-order valence-corrected chi connectivity index (χ4v) is 0.919. The number of nitrogens with one attached hydrogen (secondary N) is 1. The number of amides is 1. The molecule has 1 N–H and O–H groups in total. The summed E-state index contributed by atoms with van der Waals surface area (Å²) in [7, 11) is 0. The van der Waals surface area contributed by atoms with Crippen molar-refractivity contribution in [3.05, 3.63) is 0 Å². The molecule has 0 aliphatic rings. The molecule has 0 rings (SSSR count). The van der Waals surface area contributed by atoms with Crippen molar-refractivity contribution in [1.82, 2.24) is 5.32 Å². The number of thioether (sulfide) groups is 1. The number of carbonyl (C=O) groups excluding carboxylic acids is 1. The number of carbonyl (C=O) groups is 1. The maximum absolute atomic E-state index is 11.0. The molecule has 1 atom stereocenters. The van der Waals surface area contributed by atoms with Gasteiger partial charge in [0, 0.05) is 6.04 Å². The average molecular weight is 273 g/mol. The summed E-state index contributed by atoms with van der Waals surface area (Å²) >= 11 is 3.67. The van der Waals surface area contributed by atoms with Gasteiger partial charge in [-0.2, -0.15) is 0 Å². The molecule has 0 aliphatic carbocycles. The third kappa shape index (κ3) is 4.38. The lowest BCUT2D eigenvalue weighted by Gasteiger charge is -2.10. The molecule has 1 amide bonds. The van der Waals surface area contributed by atoms with Gasteiger partial charge in [0.05, 0.1) is 0 Å². The first-order chi connectivity index (χ1) is 4.57. The molecule has 10 heavy (non-hydrogen) atoms. The Morgan fingerprint density at radius 3 is 2.40 bits per heavy atom. The standard InChI is InChI=1S/C6H12INOS/c1-4(2)8-6(9)5(7)10-3/h4-5H,1-3H3,(H,8,9). The normalized spacial score (nSPS) is 13.3. The minimum atomic E-state index is 0.0417. The largest absolute Gasteiger partial charge is 0.352 e. The molecule has 0 bridgehead atoms. The van der Waals surface area contributed by atoms with E-state index in [-0.39, 0.29) is 15.2 Å². The molecule has 0 aromatic heterocycles.